The number of carbonyl (C=O) groups is 2. The molecule has 10 nitrogen and oxygen atoms in total. The number of nitro benzene ring substituents is 1. The van der Waals surface area contributed by atoms with Crippen LogP contribution < -0.4 is 4.74 Å². The average Bonchev–Trinajstić information content (AvgIpc) is 2.66. The van der Waals surface area contributed by atoms with Crippen molar-refractivity contribution in [1.29, 1.82) is 0 Å². The summed E-state index contributed by atoms with van der Waals surface area (Å²) in [6.07, 6.45) is 2.88. The molecule has 0 unspecified atom stereocenters. The van der Waals surface area contributed by atoms with E-state index in [1.807, 2.05) is 0 Å². The Morgan fingerprint density at radius 2 is 1.63 bits per heavy atom. The minimum atomic E-state index is -1.02. The molecule has 1 heterocycles. The van der Waals surface area contributed by atoms with Crippen LogP contribution in [0.25, 0.3) is 0 Å². The molecule has 0 aliphatic carbocycles. The molecule has 2 rings (SSSR count). The summed E-state index contributed by atoms with van der Waals surface area (Å²) in [5, 5.41) is 21.3. The van der Waals surface area contributed by atoms with Gasteiger partial charge < -0.3 is 24.2 Å². The summed E-state index contributed by atoms with van der Waals surface area (Å²) in [6, 6.07) is 2.38. The van der Waals surface area contributed by atoms with Crippen molar-refractivity contribution < 1.29 is 33.8 Å². The molecule has 0 spiro atoms. The first-order valence-electron chi connectivity index (χ1n) is 7.62. The van der Waals surface area contributed by atoms with Gasteiger partial charge in [-0.1, -0.05) is 0 Å². The second-order valence-corrected chi connectivity index (χ2v) is 5.60. The standard InChI is InChI=1S/C17H18N2O8/c1-18-7-10(16(21)26-3)14(11(8-18)17(22)27-4)9-5-12(19(23)24)15(20)13(6-9)25-2/h5-8,14,20H,1-4H3. The molecule has 0 saturated carbocycles. The molecule has 0 aromatic heterocycles. The van der Waals surface area contributed by atoms with Gasteiger partial charge in [0.25, 0.3) is 0 Å². The molecule has 1 aromatic carbocycles. The number of aromatic hydroxyl groups is 1. The van der Waals surface area contributed by atoms with E-state index in [0.717, 1.165) is 6.07 Å². The third-order valence-electron chi connectivity index (χ3n) is 3.98. The lowest BCUT2D eigenvalue weighted by Gasteiger charge is -2.28. The minimum Gasteiger partial charge on any atom is -0.500 e. The molecule has 0 amide bonds. The highest BCUT2D eigenvalue weighted by Gasteiger charge is 2.36. The van der Waals surface area contributed by atoms with Gasteiger partial charge in [-0.25, -0.2) is 9.59 Å². The molecule has 1 aliphatic heterocycles. The number of nitro groups is 1. The van der Waals surface area contributed by atoms with E-state index < -0.39 is 34.2 Å². The number of benzene rings is 1. The normalized spacial score (nSPS) is 14.1. The van der Waals surface area contributed by atoms with Crippen LogP contribution in [0, 0.1) is 10.1 Å². The molecular weight excluding hydrogens is 360 g/mol. The number of carbonyl (C=O) groups excluding carboxylic acids is 2. The first-order valence-corrected chi connectivity index (χ1v) is 7.62. The van der Waals surface area contributed by atoms with Gasteiger partial charge in [0, 0.05) is 25.5 Å². The lowest BCUT2D eigenvalue weighted by Crippen LogP contribution is -2.27. The zero-order chi connectivity index (χ0) is 20.3. The molecule has 27 heavy (non-hydrogen) atoms. The van der Waals surface area contributed by atoms with Crippen LogP contribution in [0.4, 0.5) is 5.69 Å². The number of rotatable bonds is 5. The third-order valence-corrected chi connectivity index (χ3v) is 3.98. The van der Waals surface area contributed by atoms with Gasteiger partial charge in [-0.3, -0.25) is 10.1 Å². The Morgan fingerprint density at radius 1 is 1.11 bits per heavy atom. The monoisotopic (exact) mass is 378 g/mol. The van der Waals surface area contributed by atoms with Crippen LogP contribution in [0.2, 0.25) is 0 Å². The van der Waals surface area contributed by atoms with Crippen molar-refractivity contribution in [2.45, 2.75) is 5.92 Å². The van der Waals surface area contributed by atoms with Gasteiger partial charge in [-0.05, 0) is 11.6 Å². The molecule has 0 atom stereocenters. The van der Waals surface area contributed by atoms with Crippen molar-refractivity contribution in [3.05, 3.63) is 51.4 Å². The van der Waals surface area contributed by atoms with Crippen molar-refractivity contribution in [2.75, 3.05) is 28.4 Å². The Labute approximate surface area is 154 Å². The largest absolute Gasteiger partial charge is 0.500 e. The number of phenols is 1. The topological polar surface area (TPSA) is 128 Å². The summed E-state index contributed by atoms with van der Waals surface area (Å²) < 4.78 is 14.6. The molecule has 0 saturated heterocycles. The van der Waals surface area contributed by atoms with E-state index in [-0.39, 0.29) is 22.5 Å². The van der Waals surface area contributed by atoms with Crippen molar-refractivity contribution >= 4 is 17.6 Å². The van der Waals surface area contributed by atoms with E-state index in [2.05, 4.69) is 0 Å². The van der Waals surface area contributed by atoms with E-state index in [1.54, 1.807) is 7.05 Å². The predicted octanol–water partition coefficient (Wildman–Crippen LogP) is 1.45. The SMILES string of the molecule is COC(=O)C1=CN(C)C=C(C(=O)OC)C1c1cc(OC)c(O)c([N+](=O)[O-])c1. The van der Waals surface area contributed by atoms with E-state index in [4.69, 9.17) is 14.2 Å². The predicted molar refractivity (Wildman–Crippen MR) is 92.0 cm³/mol. The zero-order valence-electron chi connectivity index (χ0n) is 15.1. The Kier molecular flexibility index (Phi) is 5.69. The lowest BCUT2D eigenvalue weighted by molar-refractivity contribution is -0.386. The third kappa shape index (κ3) is 3.68. The zero-order valence-corrected chi connectivity index (χ0v) is 15.1. The number of nitrogens with zero attached hydrogens (tertiary/aromatic N) is 2. The van der Waals surface area contributed by atoms with Crippen LogP contribution in [0.1, 0.15) is 11.5 Å². The first kappa shape index (κ1) is 19.8. The molecule has 1 aliphatic rings. The molecule has 10 heteroatoms. The number of phenolic OH excluding ortho intramolecular Hbond substituents is 1. The van der Waals surface area contributed by atoms with Crippen molar-refractivity contribution in [3.8, 4) is 11.5 Å². The first-order chi connectivity index (χ1) is 12.7. The molecule has 1 N–H and O–H groups in total. The molecule has 0 fully saturated rings. The van der Waals surface area contributed by atoms with Crippen molar-refractivity contribution in [3.63, 3.8) is 0 Å². The van der Waals surface area contributed by atoms with Gasteiger partial charge in [0.15, 0.2) is 5.75 Å². The maximum atomic E-state index is 12.3. The van der Waals surface area contributed by atoms with Crippen LogP contribution >= 0.6 is 0 Å². The quantitative estimate of drug-likeness (QED) is 0.460. The summed E-state index contributed by atoms with van der Waals surface area (Å²) in [5.74, 6) is -3.31. The van der Waals surface area contributed by atoms with Gasteiger partial charge in [-0.15, -0.1) is 0 Å². The van der Waals surface area contributed by atoms with Crippen LogP contribution in [-0.4, -0.2) is 55.2 Å². The fourth-order valence-electron chi connectivity index (χ4n) is 2.80. The second kappa shape index (κ2) is 7.77. The fraction of sp³-hybridized carbons (Fsp3) is 0.294. The van der Waals surface area contributed by atoms with Crippen molar-refractivity contribution in [1.82, 2.24) is 4.90 Å². The minimum absolute atomic E-state index is 0.0601. The molecule has 0 bridgehead atoms. The van der Waals surface area contributed by atoms with E-state index in [0.29, 0.717) is 0 Å². The summed E-state index contributed by atoms with van der Waals surface area (Å²) >= 11 is 0. The number of hydrogen-bond donors (Lipinski definition) is 1. The van der Waals surface area contributed by atoms with Gasteiger partial charge >= 0.3 is 17.6 Å². The molecule has 144 valence electrons. The van der Waals surface area contributed by atoms with Crippen molar-refractivity contribution in [2.24, 2.45) is 0 Å². The lowest BCUT2D eigenvalue weighted by atomic mass is 9.83. The number of ether oxygens (including phenoxy) is 3. The molecule has 1 aromatic rings. The van der Waals surface area contributed by atoms with Gasteiger partial charge in [-0.2, -0.15) is 0 Å². The Bertz CT molecular complexity index is 825. The fourth-order valence-corrected chi connectivity index (χ4v) is 2.80. The van der Waals surface area contributed by atoms with Crippen LogP contribution in [0.3, 0.4) is 0 Å². The summed E-state index contributed by atoms with van der Waals surface area (Å²) in [4.78, 5) is 36.5. The van der Waals surface area contributed by atoms with Crippen LogP contribution in [0.5, 0.6) is 11.5 Å². The smallest absolute Gasteiger partial charge is 0.336 e. The molecule has 0 radical (unpaired) electrons. The van der Waals surface area contributed by atoms with E-state index >= 15 is 0 Å². The number of hydrogen-bond acceptors (Lipinski definition) is 9. The van der Waals surface area contributed by atoms with E-state index in [9.17, 15) is 24.8 Å². The second-order valence-electron chi connectivity index (χ2n) is 5.60. The Balaban J connectivity index is 2.76. The van der Waals surface area contributed by atoms with Gasteiger partial charge in [0.2, 0.25) is 5.75 Å². The number of esters is 2. The van der Waals surface area contributed by atoms with E-state index in [1.165, 1.54) is 44.7 Å². The highest BCUT2D eigenvalue weighted by molar-refractivity contribution is 5.98. The average molecular weight is 378 g/mol. The molecular formula is C17H18N2O8. The highest BCUT2D eigenvalue weighted by Crippen LogP contribution is 2.44. The maximum absolute atomic E-state index is 12.3. The summed E-state index contributed by atoms with van der Waals surface area (Å²) in [6.45, 7) is 0. The van der Waals surface area contributed by atoms with Crippen LogP contribution in [-0.2, 0) is 19.1 Å². The summed E-state index contributed by atoms with van der Waals surface area (Å²) in [7, 11) is 5.18. The van der Waals surface area contributed by atoms with Crippen LogP contribution in [0.15, 0.2) is 35.7 Å². The maximum Gasteiger partial charge on any atom is 0.336 e. The Morgan fingerprint density at radius 3 is 2.04 bits per heavy atom. The van der Waals surface area contributed by atoms with Gasteiger partial charge in [0.1, 0.15) is 0 Å². The Hall–Kier alpha value is -3.56. The van der Waals surface area contributed by atoms with Gasteiger partial charge in [0.05, 0.1) is 43.3 Å². The highest BCUT2D eigenvalue weighted by atomic mass is 16.6. The number of methoxy groups -OCH3 is 3. The summed E-state index contributed by atoms with van der Waals surface area (Å²) in [5.41, 5.74) is -0.329.